The molecule has 0 radical (unpaired) electrons. The van der Waals surface area contributed by atoms with Crippen molar-refractivity contribution in [2.24, 2.45) is 0 Å². The van der Waals surface area contributed by atoms with Crippen molar-refractivity contribution < 1.29 is 8.99 Å². The summed E-state index contributed by atoms with van der Waals surface area (Å²) in [6.45, 7) is 6.22. The molecule has 0 unspecified atom stereocenters. The largest absolute Gasteiger partial charge is 0.287 e. The number of hydrogen-bond donors (Lipinski definition) is 0. The predicted octanol–water partition coefficient (Wildman–Crippen LogP) is 6.24. The Hall–Kier alpha value is -3.52. The molecule has 1 aromatic heterocycles. The number of fused-ring (bicyclic) bond motifs is 3. The van der Waals surface area contributed by atoms with Gasteiger partial charge in [0.2, 0.25) is 0 Å². The van der Waals surface area contributed by atoms with Crippen molar-refractivity contribution in [1.29, 1.82) is 0 Å². The SMILES string of the molecule is C=[N+]1C=CC=C[C-]1c1cc2c(cc1C)[o+][c-]1cc(-c3ccccc3)ccc21. The molecular weight excluding hydrogens is 330 g/mol. The number of rotatable bonds is 2. The summed E-state index contributed by atoms with van der Waals surface area (Å²) in [5, 5.41) is 2.27. The van der Waals surface area contributed by atoms with E-state index < -0.39 is 0 Å². The second kappa shape index (κ2) is 6.03. The Morgan fingerprint density at radius 3 is 2.63 bits per heavy atom. The summed E-state index contributed by atoms with van der Waals surface area (Å²) in [6, 6.07) is 22.3. The Bertz CT molecular complexity index is 1240. The topological polar surface area (TPSA) is 14.3 Å². The molecule has 2 heterocycles. The van der Waals surface area contributed by atoms with Gasteiger partial charge in [0.15, 0.2) is 0 Å². The molecule has 2 heteroatoms. The van der Waals surface area contributed by atoms with Gasteiger partial charge in [0.1, 0.15) is 12.2 Å². The summed E-state index contributed by atoms with van der Waals surface area (Å²) in [5.74, 6) is 0. The summed E-state index contributed by atoms with van der Waals surface area (Å²) in [6.07, 6.45) is 8.10. The zero-order chi connectivity index (χ0) is 18.4. The molecule has 2 nitrogen and oxygen atoms in total. The lowest BCUT2D eigenvalue weighted by molar-refractivity contribution is -0.417. The van der Waals surface area contributed by atoms with Crippen molar-refractivity contribution in [2.45, 2.75) is 6.92 Å². The molecule has 0 amide bonds. The van der Waals surface area contributed by atoms with Crippen LogP contribution in [-0.2, 0) is 0 Å². The van der Waals surface area contributed by atoms with Gasteiger partial charge in [-0.3, -0.25) is 8.99 Å². The lowest BCUT2D eigenvalue weighted by Crippen LogP contribution is -2.13. The van der Waals surface area contributed by atoms with E-state index in [9.17, 15) is 0 Å². The van der Waals surface area contributed by atoms with Gasteiger partial charge in [0.05, 0.1) is 6.72 Å². The molecule has 0 bridgehead atoms. The molecule has 1 aliphatic rings. The molecule has 0 aliphatic carbocycles. The summed E-state index contributed by atoms with van der Waals surface area (Å²) in [4.78, 5) is 0. The standard InChI is InChI=1S/C25H19NO/c1-17-14-24-22(16-21(17)23-10-6-7-13-26(23)2)20-12-11-19(15-25(20)27-24)18-8-4-3-5-9-18/h3-16H,2H2,1H3. The molecular formula is C25H19NO. The fraction of sp³-hybridized carbons (Fsp3) is 0.0400. The van der Waals surface area contributed by atoms with E-state index in [4.69, 9.17) is 4.42 Å². The van der Waals surface area contributed by atoms with Crippen LogP contribution in [0.1, 0.15) is 11.1 Å². The summed E-state index contributed by atoms with van der Waals surface area (Å²) in [5.41, 5.74) is 6.54. The minimum absolute atomic E-state index is 0.915. The van der Waals surface area contributed by atoms with E-state index in [2.05, 4.69) is 74.3 Å². The second-order valence-electron chi connectivity index (χ2n) is 6.90. The molecule has 0 spiro atoms. The van der Waals surface area contributed by atoms with Crippen LogP contribution in [0.2, 0.25) is 0 Å². The third kappa shape index (κ3) is 2.58. The van der Waals surface area contributed by atoms with Crippen LogP contribution in [0.4, 0.5) is 0 Å². The quantitative estimate of drug-likeness (QED) is 0.237. The maximum absolute atomic E-state index is 6.19. The highest BCUT2D eigenvalue weighted by molar-refractivity contribution is 6.06. The second-order valence-corrected chi connectivity index (χ2v) is 6.90. The third-order valence-corrected chi connectivity index (χ3v) is 5.14. The molecule has 1 aliphatic heterocycles. The van der Waals surface area contributed by atoms with Gasteiger partial charge in [-0.1, -0.05) is 60.0 Å². The van der Waals surface area contributed by atoms with Crippen LogP contribution in [0, 0.1) is 13.0 Å². The molecule has 0 N–H and O–H groups in total. The van der Waals surface area contributed by atoms with Crippen LogP contribution in [0.5, 0.6) is 0 Å². The lowest BCUT2D eigenvalue weighted by Gasteiger charge is -2.18. The molecule has 3 aromatic carbocycles. The van der Waals surface area contributed by atoms with E-state index in [-0.39, 0.29) is 0 Å². The first-order chi connectivity index (χ1) is 13.2. The number of hydrogen-bond acceptors (Lipinski definition) is 0. The smallest absolute Gasteiger partial charge is 0.278 e. The molecule has 0 fully saturated rings. The van der Waals surface area contributed by atoms with Gasteiger partial charge < -0.3 is 0 Å². The zero-order valence-corrected chi connectivity index (χ0v) is 15.1. The number of furan rings is 1. The Balaban J connectivity index is 1.68. The highest BCUT2D eigenvalue weighted by Crippen LogP contribution is 2.35. The first kappa shape index (κ1) is 15.7. The predicted molar refractivity (Wildman–Crippen MR) is 112 cm³/mol. The monoisotopic (exact) mass is 349 g/mol. The van der Waals surface area contributed by atoms with Crippen molar-refractivity contribution in [1.82, 2.24) is 0 Å². The van der Waals surface area contributed by atoms with E-state index in [0.717, 1.165) is 33.5 Å². The van der Waals surface area contributed by atoms with Crippen LogP contribution in [-0.4, -0.2) is 11.3 Å². The highest BCUT2D eigenvalue weighted by Gasteiger charge is 2.19. The number of nitrogens with zero attached hydrogens (tertiary/aromatic N) is 1. The maximum Gasteiger partial charge on any atom is 0.278 e. The van der Waals surface area contributed by atoms with E-state index in [1.807, 2.05) is 29.0 Å². The molecule has 130 valence electrons. The average molecular weight is 349 g/mol. The van der Waals surface area contributed by atoms with E-state index in [0.29, 0.717) is 0 Å². The minimum Gasteiger partial charge on any atom is -0.287 e. The molecule has 4 aromatic rings. The van der Waals surface area contributed by atoms with Crippen LogP contribution in [0.25, 0.3) is 33.1 Å². The first-order valence-corrected chi connectivity index (χ1v) is 9.05. The fourth-order valence-corrected chi connectivity index (χ4v) is 3.73. The Morgan fingerprint density at radius 1 is 0.963 bits per heavy atom. The van der Waals surface area contributed by atoms with Crippen molar-refractivity contribution in [2.75, 3.05) is 0 Å². The van der Waals surface area contributed by atoms with E-state index >= 15 is 0 Å². The average Bonchev–Trinajstić information content (AvgIpc) is 3.05. The Morgan fingerprint density at radius 2 is 1.81 bits per heavy atom. The normalized spacial score (nSPS) is 13.8. The lowest BCUT2D eigenvalue weighted by atomic mass is 9.96. The van der Waals surface area contributed by atoms with Crippen molar-refractivity contribution >= 4 is 28.7 Å². The number of allylic oxidation sites excluding steroid dienone is 2. The Kier molecular flexibility index (Phi) is 3.51. The summed E-state index contributed by atoms with van der Waals surface area (Å²) >= 11 is 0. The zero-order valence-electron chi connectivity index (χ0n) is 15.1. The summed E-state index contributed by atoms with van der Waals surface area (Å²) < 4.78 is 8.10. The number of aryl methyl sites for hydroxylation is 1. The van der Waals surface area contributed by atoms with Gasteiger partial charge in [-0.2, -0.15) is 0 Å². The van der Waals surface area contributed by atoms with Crippen LogP contribution in [0.15, 0.2) is 89.5 Å². The van der Waals surface area contributed by atoms with Crippen molar-refractivity contribution in [3.63, 3.8) is 0 Å². The molecule has 0 atom stereocenters. The van der Waals surface area contributed by atoms with Crippen LogP contribution >= 0.6 is 0 Å². The third-order valence-electron chi connectivity index (χ3n) is 5.14. The van der Waals surface area contributed by atoms with Gasteiger partial charge in [-0.25, -0.2) is 0 Å². The maximum atomic E-state index is 6.19. The first-order valence-electron chi connectivity index (χ1n) is 9.05. The molecule has 5 rings (SSSR count). The van der Waals surface area contributed by atoms with E-state index in [1.54, 1.807) is 0 Å². The van der Waals surface area contributed by atoms with Gasteiger partial charge in [-0.15, -0.1) is 24.3 Å². The van der Waals surface area contributed by atoms with Crippen LogP contribution in [0.3, 0.4) is 0 Å². The summed E-state index contributed by atoms with van der Waals surface area (Å²) in [7, 11) is 0. The van der Waals surface area contributed by atoms with Gasteiger partial charge >= 0.3 is 0 Å². The molecule has 0 saturated heterocycles. The highest BCUT2D eigenvalue weighted by atomic mass is 16.3. The Labute approximate surface area is 158 Å². The minimum atomic E-state index is 0.915. The number of benzene rings is 3. The molecule has 27 heavy (non-hydrogen) atoms. The van der Waals surface area contributed by atoms with Gasteiger partial charge in [0, 0.05) is 0 Å². The van der Waals surface area contributed by atoms with Crippen molar-refractivity contribution in [3.8, 4) is 11.1 Å². The molecule has 0 saturated carbocycles. The van der Waals surface area contributed by atoms with Crippen LogP contribution < -0.4 is 0 Å². The fourth-order valence-electron chi connectivity index (χ4n) is 3.73. The van der Waals surface area contributed by atoms with E-state index in [1.165, 1.54) is 16.7 Å². The van der Waals surface area contributed by atoms with Gasteiger partial charge in [0.25, 0.3) is 11.2 Å². The van der Waals surface area contributed by atoms with Crippen molar-refractivity contribution in [3.05, 3.63) is 102 Å². The van der Waals surface area contributed by atoms with Gasteiger partial charge in [-0.05, 0) is 34.5 Å².